The molecule has 0 radical (unpaired) electrons. The van der Waals surface area contributed by atoms with Crippen LogP contribution in [0, 0.1) is 17.3 Å². The van der Waals surface area contributed by atoms with Gasteiger partial charge >= 0.3 is 0 Å². The molecule has 1 rings (SSSR count). The number of amides is 1. The number of methoxy groups -OCH3 is 1. The third-order valence-corrected chi connectivity index (χ3v) is 5.35. The average Bonchev–Trinajstić information content (AvgIpc) is 2.53. The summed E-state index contributed by atoms with van der Waals surface area (Å²) >= 11 is 0. The zero-order chi connectivity index (χ0) is 22.0. The number of nitrogens with one attached hydrogen (secondary N) is 1. The van der Waals surface area contributed by atoms with Gasteiger partial charge in [0.1, 0.15) is 0 Å². The molecule has 4 nitrogen and oxygen atoms in total. The fourth-order valence-electron chi connectivity index (χ4n) is 2.73. The fraction of sp³-hybridized carbons (Fsp3) is 0.625. The van der Waals surface area contributed by atoms with E-state index in [1.807, 2.05) is 66.7 Å². The van der Waals surface area contributed by atoms with Crippen molar-refractivity contribution in [3.63, 3.8) is 0 Å². The number of carbonyl (C=O) groups excluding carboxylic acids is 1. The van der Waals surface area contributed by atoms with Crippen LogP contribution in [0.5, 0.6) is 11.5 Å². The lowest BCUT2D eigenvalue weighted by atomic mass is 9.69. The first-order valence-electron chi connectivity index (χ1n) is 9.71. The predicted molar refractivity (Wildman–Crippen MR) is 116 cm³/mol. The molecule has 0 bridgehead atoms. The SMILES string of the molecule is CC#CC(C)(C)Oc1ccc(C(C)(C)C(C)(C)NC(=O)C(C)(C)C)cc1OC. The number of carbonyl (C=O) groups is 1. The summed E-state index contributed by atoms with van der Waals surface area (Å²) in [6.45, 7) is 19.7. The molecule has 0 aromatic heterocycles. The van der Waals surface area contributed by atoms with E-state index in [0.29, 0.717) is 11.5 Å². The van der Waals surface area contributed by atoms with E-state index in [2.05, 4.69) is 31.0 Å². The van der Waals surface area contributed by atoms with Gasteiger partial charge < -0.3 is 14.8 Å². The molecular formula is C24H37NO3. The molecule has 0 heterocycles. The van der Waals surface area contributed by atoms with Crippen LogP contribution in [0.15, 0.2) is 18.2 Å². The van der Waals surface area contributed by atoms with Gasteiger partial charge in [0, 0.05) is 16.4 Å². The summed E-state index contributed by atoms with van der Waals surface area (Å²) in [6.07, 6.45) is 0. The second kappa shape index (κ2) is 8.07. The maximum atomic E-state index is 12.6. The molecule has 0 spiro atoms. The van der Waals surface area contributed by atoms with Gasteiger partial charge in [-0.3, -0.25) is 4.79 Å². The van der Waals surface area contributed by atoms with Crippen molar-refractivity contribution in [3.8, 4) is 23.3 Å². The van der Waals surface area contributed by atoms with Crippen LogP contribution < -0.4 is 14.8 Å². The number of hydrogen-bond acceptors (Lipinski definition) is 3. The summed E-state index contributed by atoms with van der Waals surface area (Å²) in [6, 6.07) is 5.92. The lowest BCUT2D eigenvalue weighted by molar-refractivity contribution is -0.131. The number of ether oxygens (including phenoxy) is 2. The van der Waals surface area contributed by atoms with Crippen molar-refractivity contribution in [3.05, 3.63) is 23.8 Å². The summed E-state index contributed by atoms with van der Waals surface area (Å²) in [5, 5.41) is 3.21. The Bertz CT molecular complexity index is 771. The molecule has 156 valence electrons. The smallest absolute Gasteiger partial charge is 0.225 e. The van der Waals surface area contributed by atoms with Crippen LogP contribution in [-0.2, 0) is 10.2 Å². The number of rotatable bonds is 6. The summed E-state index contributed by atoms with van der Waals surface area (Å²) in [4.78, 5) is 12.6. The van der Waals surface area contributed by atoms with Crippen LogP contribution >= 0.6 is 0 Å². The topological polar surface area (TPSA) is 47.6 Å². The van der Waals surface area contributed by atoms with E-state index in [0.717, 1.165) is 5.56 Å². The maximum Gasteiger partial charge on any atom is 0.225 e. The Balaban J connectivity index is 3.27. The Labute approximate surface area is 171 Å². The number of benzene rings is 1. The maximum absolute atomic E-state index is 12.6. The minimum absolute atomic E-state index is 0.0254. The van der Waals surface area contributed by atoms with Crippen LogP contribution in [0.3, 0.4) is 0 Å². The summed E-state index contributed by atoms with van der Waals surface area (Å²) in [7, 11) is 1.63. The Morgan fingerprint density at radius 1 is 0.964 bits per heavy atom. The first-order chi connectivity index (χ1) is 12.6. The summed E-state index contributed by atoms with van der Waals surface area (Å²) < 4.78 is 11.7. The predicted octanol–water partition coefficient (Wildman–Crippen LogP) is 5.09. The highest BCUT2D eigenvalue weighted by molar-refractivity contribution is 5.82. The number of hydrogen-bond donors (Lipinski definition) is 1. The van der Waals surface area contributed by atoms with Crippen molar-refractivity contribution in [2.75, 3.05) is 7.11 Å². The summed E-state index contributed by atoms with van der Waals surface area (Å²) in [5.74, 6) is 7.26. The van der Waals surface area contributed by atoms with E-state index in [1.54, 1.807) is 14.0 Å². The molecule has 0 aliphatic heterocycles. The molecule has 0 saturated carbocycles. The van der Waals surface area contributed by atoms with Gasteiger partial charge in [0.25, 0.3) is 0 Å². The highest BCUT2D eigenvalue weighted by Gasteiger charge is 2.41. The quantitative estimate of drug-likeness (QED) is 0.691. The molecule has 0 aliphatic carbocycles. The van der Waals surface area contributed by atoms with Gasteiger partial charge in [0.2, 0.25) is 5.91 Å². The van der Waals surface area contributed by atoms with Crippen molar-refractivity contribution >= 4 is 5.91 Å². The minimum atomic E-state index is -0.612. The van der Waals surface area contributed by atoms with Gasteiger partial charge in [-0.2, -0.15) is 0 Å². The van der Waals surface area contributed by atoms with Crippen molar-refractivity contribution < 1.29 is 14.3 Å². The van der Waals surface area contributed by atoms with E-state index in [1.165, 1.54) is 0 Å². The zero-order valence-corrected chi connectivity index (χ0v) is 19.5. The molecule has 0 aliphatic rings. The van der Waals surface area contributed by atoms with E-state index in [9.17, 15) is 4.79 Å². The van der Waals surface area contributed by atoms with Gasteiger partial charge in [-0.15, -0.1) is 5.92 Å². The standard InChI is InChI=1S/C24H37NO3/c1-12-15-22(5,6)28-18-14-13-17(16-19(18)27-11)23(7,8)24(9,10)25-20(26)21(2,3)4/h13-14,16H,1-11H3,(H,25,26). The first kappa shape index (κ1) is 23.9. The highest BCUT2D eigenvalue weighted by atomic mass is 16.5. The molecule has 4 heteroatoms. The third kappa shape index (κ3) is 5.44. The molecule has 0 atom stereocenters. The monoisotopic (exact) mass is 387 g/mol. The van der Waals surface area contributed by atoms with Crippen LogP contribution in [0.1, 0.15) is 74.8 Å². The molecule has 1 amide bonds. The van der Waals surface area contributed by atoms with Gasteiger partial charge in [-0.05, 0) is 52.3 Å². The van der Waals surface area contributed by atoms with Crippen LogP contribution in [-0.4, -0.2) is 24.2 Å². The van der Waals surface area contributed by atoms with Gasteiger partial charge in [-0.25, -0.2) is 0 Å². The van der Waals surface area contributed by atoms with Crippen molar-refractivity contribution in [2.24, 2.45) is 5.41 Å². The van der Waals surface area contributed by atoms with Crippen molar-refractivity contribution in [1.29, 1.82) is 0 Å². The van der Waals surface area contributed by atoms with E-state index < -0.39 is 16.6 Å². The molecular weight excluding hydrogens is 350 g/mol. The molecule has 1 N–H and O–H groups in total. The Kier molecular flexibility index (Phi) is 6.89. The van der Waals surface area contributed by atoms with Crippen molar-refractivity contribution in [1.82, 2.24) is 5.32 Å². The van der Waals surface area contributed by atoms with Gasteiger partial charge in [-0.1, -0.05) is 46.6 Å². The van der Waals surface area contributed by atoms with Gasteiger partial charge in [0.15, 0.2) is 17.1 Å². The lowest BCUT2D eigenvalue weighted by Crippen LogP contribution is -2.58. The second-order valence-corrected chi connectivity index (χ2v) is 9.81. The molecule has 0 saturated heterocycles. The molecule has 1 aromatic rings. The molecule has 0 fully saturated rings. The Morgan fingerprint density at radius 3 is 2.00 bits per heavy atom. The van der Waals surface area contributed by atoms with Crippen LogP contribution in [0.25, 0.3) is 0 Å². The highest BCUT2D eigenvalue weighted by Crippen LogP contribution is 2.40. The Morgan fingerprint density at radius 2 is 1.54 bits per heavy atom. The zero-order valence-electron chi connectivity index (χ0n) is 19.5. The van der Waals surface area contributed by atoms with E-state index in [4.69, 9.17) is 9.47 Å². The Hall–Kier alpha value is -2.15. The van der Waals surface area contributed by atoms with E-state index in [-0.39, 0.29) is 11.3 Å². The van der Waals surface area contributed by atoms with E-state index >= 15 is 0 Å². The van der Waals surface area contributed by atoms with Gasteiger partial charge in [0.05, 0.1) is 7.11 Å². The molecule has 0 unspecified atom stereocenters. The first-order valence-corrected chi connectivity index (χ1v) is 9.71. The van der Waals surface area contributed by atoms with Crippen LogP contribution in [0.2, 0.25) is 0 Å². The third-order valence-electron chi connectivity index (χ3n) is 5.35. The summed E-state index contributed by atoms with van der Waals surface area (Å²) in [5.41, 5.74) is -0.834. The molecule has 28 heavy (non-hydrogen) atoms. The fourth-order valence-corrected chi connectivity index (χ4v) is 2.73. The minimum Gasteiger partial charge on any atom is -0.493 e. The second-order valence-electron chi connectivity index (χ2n) is 9.81. The average molecular weight is 388 g/mol. The normalized spacial score (nSPS) is 12.7. The largest absolute Gasteiger partial charge is 0.493 e. The lowest BCUT2D eigenvalue weighted by Gasteiger charge is -2.44. The van der Waals surface area contributed by atoms with Crippen molar-refractivity contribution in [2.45, 2.75) is 85.8 Å². The van der Waals surface area contributed by atoms with Crippen LogP contribution in [0.4, 0.5) is 0 Å². The molecule has 1 aromatic carbocycles.